The van der Waals surface area contributed by atoms with E-state index in [1.54, 1.807) is 24.3 Å². The van der Waals surface area contributed by atoms with Gasteiger partial charge in [-0.05, 0) is 12.1 Å². The first kappa shape index (κ1) is 21.9. The summed E-state index contributed by atoms with van der Waals surface area (Å²) in [7, 11) is 5.65. The van der Waals surface area contributed by atoms with Crippen molar-refractivity contribution in [3.63, 3.8) is 0 Å². The van der Waals surface area contributed by atoms with Crippen LogP contribution in [-0.4, -0.2) is 52.8 Å². The van der Waals surface area contributed by atoms with E-state index < -0.39 is 17.8 Å². The number of rotatable bonds is 7. The number of hydrogen-bond donors (Lipinski definition) is 1. The predicted molar refractivity (Wildman–Crippen MR) is 113 cm³/mol. The molecular weight excluding hydrogens is 404 g/mol. The number of nitrogens with one attached hydrogen (secondary N) is 1. The fourth-order valence-electron chi connectivity index (χ4n) is 3.46. The Bertz CT molecular complexity index is 1010. The van der Waals surface area contributed by atoms with Gasteiger partial charge in [-0.3, -0.25) is 9.59 Å². The zero-order valence-corrected chi connectivity index (χ0v) is 17.8. The summed E-state index contributed by atoms with van der Waals surface area (Å²) < 4.78 is 20.6. The van der Waals surface area contributed by atoms with E-state index in [1.165, 1.54) is 45.5 Å². The molecule has 1 atom stereocenters. The monoisotopic (exact) mass is 428 g/mol. The number of carbonyl (C=O) groups is 3. The predicted octanol–water partition coefficient (Wildman–Crippen LogP) is 2.49. The number of methoxy groups -OCH3 is 4. The number of nitrogens with zero attached hydrogens (tertiary/aromatic N) is 1. The van der Waals surface area contributed by atoms with Crippen molar-refractivity contribution in [2.24, 2.45) is 5.92 Å². The van der Waals surface area contributed by atoms with Crippen LogP contribution in [-0.2, 0) is 14.3 Å². The molecule has 1 heterocycles. The molecule has 1 aliphatic rings. The van der Waals surface area contributed by atoms with Crippen molar-refractivity contribution in [2.45, 2.75) is 6.42 Å². The van der Waals surface area contributed by atoms with Crippen LogP contribution in [0.1, 0.15) is 16.8 Å². The van der Waals surface area contributed by atoms with E-state index in [4.69, 9.17) is 18.9 Å². The highest BCUT2D eigenvalue weighted by Gasteiger charge is 2.36. The zero-order valence-electron chi connectivity index (χ0n) is 17.8. The van der Waals surface area contributed by atoms with Crippen LogP contribution in [0.3, 0.4) is 0 Å². The van der Waals surface area contributed by atoms with Crippen LogP contribution >= 0.6 is 0 Å². The van der Waals surface area contributed by atoms with Crippen molar-refractivity contribution in [2.75, 3.05) is 45.2 Å². The standard InChI is InChI=1S/C22H24N2O7/c1-28-17-8-6-5-7-16(17)24-12-13(9-20(24)25)21(26)23-15-11-19(30-3)18(29-2)10-14(15)22(27)31-4/h5-8,10-11,13H,9,12H2,1-4H3,(H,23,26)/t13-/m1/s1. The minimum Gasteiger partial charge on any atom is -0.495 e. The second-order valence-electron chi connectivity index (χ2n) is 6.81. The van der Waals surface area contributed by atoms with Gasteiger partial charge in [0.05, 0.1) is 51.3 Å². The second-order valence-corrected chi connectivity index (χ2v) is 6.81. The van der Waals surface area contributed by atoms with Gasteiger partial charge in [0, 0.05) is 25.1 Å². The fourth-order valence-corrected chi connectivity index (χ4v) is 3.46. The first-order valence-corrected chi connectivity index (χ1v) is 9.52. The maximum Gasteiger partial charge on any atom is 0.340 e. The van der Waals surface area contributed by atoms with Gasteiger partial charge >= 0.3 is 5.97 Å². The number of hydrogen-bond acceptors (Lipinski definition) is 7. The van der Waals surface area contributed by atoms with Gasteiger partial charge in [-0.1, -0.05) is 12.1 Å². The van der Waals surface area contributed by atoms with E-state index in [0.717, 1.165) is 0 Å². The van der Waals surface area contributed by atoms with Crippen molar-refractivity contribution >= 4 is 29.2 Å². The molecule has 0 aromatic heterocycles. The third-order valence-electron chi connectivity index (χ3n) is 5.06. The average molecular weight is 428 g/mol. The van der Waals surface area contributed by atoms with Crippen molar-refractivity contribution in [1.29, 1.82) is 0 Å². The zero-order chi connectivity index (χ0) is 22.5. The molecule has 9 heteroatoms. The van der Waals surface area contributed by atoms with E-state index in [2.05, 4.69) is 5.32 Å². The molecular formula is C22H24N2O7. The van der Waals surface area contributed by atoms with Crippen molar-refractivity contribution in [1.82, 2.24) is 0 Å². The number of carbonyl (C=O) groups excluding carboxylic acids is 3. The van der Waals surface area contributed by atoms with Crippen LogP contribution in [0.2, 0.25) is 0 Å². The molecule has 0 bridgehead atoms. The van der Waals surface area contributed by atoms with Gasteiger partial charge in [-0.2, -0.15) is 0 Å². The molecule has 0 aliphatic carbocycles. The molecule has 164 valence electrons. The normalized spacial score (nSPS) is 15.4. The maximum absolute atomic E-state index is 13.0. The molecule has 0 spiro atoms. The number of amides is 2. The van der Waals surface area contributed by atoms with Crippen LogP contribution in [0.25, 0.3) is 0 Å². The highest BCUT2D eigenvalue weighted by Crippen LogP contribution is 2.36. The topological polar surface area (TPSA) is 103 Å². The Morgan fingerprint density at radius 1 is 0.968 bits per heavy atom. The SMILES string of the molecule is COC(=O)c1cc(OC)c(OC)cc1NC(=O)[C@@H]1CC(=O)N(c2ccccc2OC)C1. The van der Waals surface area contributed by atoms with Gasteiger partial charge in [0.25, 0.3) is 0 Å². The maximum atomic E-state index is 13.0. The second kappa shape index (κ2) is 9.38. The molecule has 31 heavy (non-hydrogen) atoms. The summed E-state index contributed by atoms with van der Waals surface area (Å²) in [6.07, 6.45) is 0.0325. The molecule has 3 rings (SSSR count). The molecule has 2 aromatic rings. The van der Waals surface area contributed by atoms with Crippen LogP contribution in [0.15, 0.2) is 36.4 Å². The number of ether oxygens (including phenoxy) is 4. The highest BCUT2D eigenvalue weighted by atomic mass is 16.5. The number of benzene rings is 2. The quantitative estimate of drug-likeness (QED) is 0.676. The molecule has 0 saturated carbocycles. The van der Waals surface area contributed by atoms with Gasteiger partial charge in [-0.15, -0.1) is 0 Å². The first-order chi connectivity index (χ1) is 14.9. The van der Waals surface area contributed by atoms with Gasteiger partial charge in [0.15, 0.2) is 11.5 Å². The summed E-state index contributed by atoms with van der Waals surface area (Å²) in [5, 5.41) is 2.73. The number of para-hydroxylation sites is 2. The lowest BCUT2D eigenvalue weighted by atomic mass is 10.1. The summed E-state index contributed by atoms with van der Waals surface area (Å²) in [6.45, 7) is 0.186. The van der Waals surface area contributed by atoms with Crippen LogP contribution < -0.4 is 24.4 Å². The molecule has 2 amide bonds. The Kier molecular flexibility index (Phi) is 6.64. The molecule has 9 nitrogen and oxygen atoms in total. The Labute approximate surface area is 179 Å². The van der Waals surface area contributed by atoms with Gasteiger partial charge in [0.2, 0.25) is 11.8 Å². The Balaban J connectivity index is 1.85. The smallest absolute Gasteiger partial charge is 0.340 e. The van der Waals surface area contributed by atoms with E-state index in [-0.39, 0.29) is 30.1 Å². The van der Waals surface area contributed by atoms with E-state index in [9.17, 15) is 14.4 Å². The molecule has 0 unspecified atom stereocenters. The van der Waals surface area contributed by atoms with E-state index in [1.807, 2.05) is 0 Å². The number of esters is 1. The van der Waals surface area contributed by atoms with E-state index in [0.29, 0.717) is 22.9 Å². The molecule has 1 fully saturated rings. The van der Waals surface area contributed by atoms with Crippen LogP contribution in [0.4, 0.5) is 11.4 Å². The van der Waals surface area contributed by atoms with Crippen molar-refractivity contribution < 1.29 is 33.3 Å². The summed E-state index contributed by atoms with van der Waals surface area (Å²) in [4.78, 5) is 39.3. The summed E-state index contributed by atoms with van der Waals surface area (Å²) >= 11 is 0. The summed E-state index contributed by atoms with van der Waals surface area (Å²) in [5.41, 5.74) is 0.920. The largest absolute Gasteiger partial charge is 0.495 e. The Morgan fingerprint density at radius 3 is 2.26 bits per heavy atom. The third kappa shape index (κ3) is 4.40. The van der Waals surface area contributed by atoms with Crippen molar-refractivity contribution in [3.8, 4) is 17.2 Å². The minimum atomic E-state index is -0.644. The lowest BCUT2D eigenvalue weighted by Crippen LogP contribution is -2.28. The third-order valence-corrected chi connectivity index (χ3v) is 5.06. The van der Waals surface area contributed by atoms with E-state index >= 15 is 0 Å². The van der Waals surface area contributed by atoms with Crippen molar-refractivity contribution in [3.05, 3.63) is 42.0 Å². The molecule has 1 aliphatic heterocycles. The fraction of sp³-hybridized carbons (Fsp3) is 0.318. The molecule has 1 saturated heterocycles. The Hall–Kier alpha value is -3.75. The summed E-state index contributed by atoms with van der Waals surface area (Å²) in [5.74, 6) is -0.647. The lowest BCUT2D eigenvalue weighted by molar-refractivity contribution is -0.122. The molecule has 1 N–H and O–H groups in total. The minimum absolute atomic E-state index is 0.0325. The van der Waals surface area contributed by atoms with Gasteiger partial charge in [-0.25, -0.2) is 4.79 Å². The van der Waals surface area contributed by atoms with Gasteiger partial charge < -0.3 is 29.2 Å². The molecule has 0 radical (unpaired) electrons. The lowest BCUT2D eigenvalue weighted by Gasteiger charge is -2.19. The van der Waals surface area contributed by atoms with Crippen LogP contribution in [0, 0.1) is 5.92 Å². The first-order valence-electron chi connectivity index (χ1n) is 9.52. The average Bonchev–Trinajstić information content (AvgIpc) is 3.19. The number of anilines is 2. The Morgan fingerprint density at radius 2 is 1.61 bits per heavy atom. The highest BCUT2D eigenvalue weighted by molar-refractivity contribution is 6.07. The summed E-state index contributed by atoms with van der Waals surface area (Å²) in [6, 6.07) is 10.0. The van der Waals surface area contributed by atoms with Crippen LogP contribution in [0.5, 0.6) is 17.2 Å². The molecule has 2 aromatic carbocycles. The van der Waals surface area contributed by atoms with Gasteiger partial charge in [0.1, 0.15) is 5.75 Å².